The van der Waals surface area contributed by atoms with Crippen molar-refractivity contribution in [3.63, 3.8) is 0 Å². The molecule has 5 nitrogen and oxygen atoms in total. The second-order valence-corrected chi connectivity index (χ2v) is 4.69. The van der Waals surface area contributed by atoms with E-state index in [0.29, 0.717) is 10.7 Å². The van der Waals surface area contributed by atoms with Crippen LogP contribution < -0.4 is 5.69 Å². The Balaban J connectivity index is 3.10. The highest BCUT2D eigenvalue weighted by atomic mass is 32.1. The van der Waals surface area contributed by atoms with Gasteiger partial charge in [0.1, 0.15) is 0 Å². The van der Waals surface area contributed by atoms with E-state index in [1.165, 1.54) is 0 Å². The molecule has 0 radical (unpaired) electrons. The third-order valence-corrected chi connectivity index (χ3v) is 2.67. The van der Waals surface area contributed by atoms with Gasteiger partial charge in [0.15, 0.2) is 4.77 Å². The van der Waals surface area contributed by atoms with Gasteiger partial charge in [-0.15, -0.1) is 0 Å². The molecule has 0 saturated carbocycles. The van der Waals surface area contributed by atoms with Crippen LogP contribution in [-0.4, -0.2) is 40.3 Å². The van der Waals surface area contributed by atoms with Crippen molar-refractivity contribution in [2.24, 2.45) is 5.92 Å². The zero-order valence-corrected chi connectivity index (χ0v) is 10.4. The average molecular weight is 230 g/mol. The molecule has 86 valence electrons. The lowest BCUT2D eigenvalue weighted by Crippen LogP contribution is -2.33. The number of likely N-dealkylation sites (N-methyl/N-ethyl adjacent to an activating group) is 1. The van der Waals surface area contributed by atoms with Gasteiger partial charge in [0.2, 0.25) is 0 Å². The summed E-state index contributed by atoms with van der Waals surface area (Å²) < 4.78 is 2.07. The Hall–Kier alpha value is -0.880. The second-order valence-electron chi connectivity index (χ2n) is 4.30. The van der Waals surface area contributed by atoms with E-state index in [4.69, 9.17) is 12.2 Å². The molecule has 1 aromatic heterocycles. The maximum absolute atomic E-state index is 11.6. The molecule has 1 aromatic rings. The van der Waals surface area contributed by atoms with Crippen molar-refractivity contribution >= 4 is 12.2 Å². The molecule has 1 atom stereocenters. The SMILES string of the molecule is CC(C)C(CN(C)C)n1c(=O)[nH][nH]c1=S. The Bertz CT molecular complexity index is 387. The predicted molar refractivity (Wildman–Crippen MR) is 62.7 cm³/mol. The molecule has 0 amide bonds. The number of aromatic nitrogens is 3. The van der Waals surface area contributed by atoms with Crippen LogP contribution in [-0.2, 0) is 0 Å². The first-order valence-corrected chi connectivity index (χ1v) is 5.38. The number of H-pyrrole nitrogens is 2. The van der Waals surface area contributed by atoms with Gasteiger partial charge in [-0.05, 0) is 32.2 Å². The van der Waals surface area contributed by atoms with Gasteiger partial charge < -0.3 is 4.90 Å². The zero-order chi connectivity index (χ0) is 11.6. The van der Waals surface area contributed by atoms with Crippen LogP contribution in [0.4, 0.5) is 0 Å². The van der Waals surface area contributed by atoms with E-state index >= 15 is 0 Å². The van der Waals surface area contributed by atoms with Crippen LogP contribution in [0.25, 0.3) is 0 Å². The first-order chi connectivity index (χ1) is 6.93. The Morgan fingerprint density at radius 3 is 2.33 bits per heavy atom. The average Bonchev–Trinajstić information content (AvgIpc) is 2.42. The summed E-state index contributed by atoms with van der Waals surface area (Å²) in [7, 11) is 3.97. The van der Waals surface area contributed by atoms with E-state index in [2.05, 4.69) is 28.9 Å². The summed E-state index contributed by atoms with van der Waals surface area (Å²) in [5, 5.41) is 5.17. The number of hydrogen-bond donors (Lipinski definition) is 2. The first kappa shape index (κ1) is 12.2. The number of aromatic amines is 2. The van der Waals surface area contributed by atoms with Gasteiger partial charge in [0.25, 0.3) is 0 Å². The minimum Gasteiger partial charge on any atom is -0.307 e. The van der Waals surface area contributed by atoms with Crippen LogP contribution >= 0.6 is 12.2 Å². The fourth-order valence-corrected chi connectivity index (χ4v) is 1.85. The number of hydrogen-bond acceptors (Lipinski definition) is 3. The molecule has 0 aromatic carbocycles. The topological polar surface area (TPSA) is 56.8 Å². The van der Waals surface area contributed by atoms with Crippen molar-refractivity contribution in [1.29, 1.82) is 0 Å². The molecule has 0 fully saturated rings. The van der Waals surface area contributed by atoms with Gasteiger partial charge in [0.05, 0.1) is 6.04 Å². The maximum Gasteiger partial charge on any atom is 0.342 e. The Kier molecular flexibility index (Phi) is 3.87. The molecule has 6 heteroatoms. The Labute approximate surface area is 94.1 Å². The van der Waals surface area contributed by atoms with Crippen molar-refractivity contribution in [3.8, 4) is 0 Å². The summed E-state index contributed by atoms with van der Waals surface area (Å²) in [4.78, 5) is 13.6. The molecule has 15 heavy (non-hydrogen) atoms. The molecule has 1 unspecified atom stereocenters. The van der Waals surface area contributed by atoms with E-state index in [9.17, 15) is 4.79 Å². The predicted octanol–water partition coefficient (Wildman–Crippen LogP) is 0.993. The zero-order valence-electron chi connectivity index (χ0n) is 9.57. The van der Waals surface area contributed by atoms with Crippen LogP contribution in [0.5, 0.6) is 0 Å². The monoisotopic (exact) mass is 230 g/mol. The molecular formula is C9H18N4OS. The van der Waals surface area contributed by atoms with Gasteiger partial charge in [-0.2, -0.15) is 0 Å². The summed E-state index contributed by atoms with van der Waals surface area (Å²) in [5.74, 6) is 0.357. The Morgan fingerprint density at radius 1 is 1.40 bits per heavy atom. The van der Waals surface area contributed by atoms with Gasteiger partial charge in [-0.25, -0.2) is 9.89 Å². The molecule has 1 rings (SSSR count). The van der Waals surface area contributed by atoms with Crippen molar-refractivity contribution in [1.82, 2.24) is 19.7 Å². The largest absolute Gasteiger partial charge is 0.342 e. The fraction of sp³-hybridized carbons (Fsp3) is 0.778. The van der Waals surface area contributed by atoms with Gasteiger partial charge in [-0.1, -0.05) is 13.8 Å². The van der Waals surface area contributed by atoms with Crippen LogP contribution in [0.1, 0.15) is 19.9 Å². The van der Waals surface area contributed by atoms with Crippen molar-refractivity contribution in [3.05, 3.63) is 15.3 Å². The highest BCUT2D eigenvalue weighted by Crippen LogP contribution is 2.16. The molecular weight excluding hydrogens is 212 g/mol. The number of nitrogens with zero attached hydrogens (tertiary/aromatic N) is 2. The minimum atomic E-state index is -0.166. The van der Waals surface area contributed by atoms with E-state index in [1.54, 1.807) is 4.57 Å². The molecule has 1 heterocycles. The van der Waals surface area contributed by atoms with Crippen LogP contribution in [0.15, 0.2) is 4.79 Å². The highest BCUT2D eigenvalue weighted by molar-refractivity contribution is 7.71. The van der Waals surface area contributed by atoms with Gasteiger partial charge in [0, 0.05) is 6.54 Å². The van der Waals surface area contributed by atoms with Crippen molar-refractivity contribution in [2.75, 3.05) is 20.6 Å². The number of nitrogens with one attached hydrogen (secondary N) is 2. The quantitative estimate of drug-likeness (QED) is 0.759. The highest BCUT2D eigenvalue weighted by Gasteiger charge is 2.19. The molecule has 0 spiro atoms. The lowest BCUT2D eigenvalue weighted by atomic mass is 10.0. The molecule has 2 N–H and O–H groups in total. The fourth-order valence-electron chi connectivity index (χ4n) is 1.59. The molecule has 0 aliphatic heterocycles. The lowest BCUT2D eigenvalue weighted by molar-refractivity contribution is 0.263. The van der Waals surface area contributed by atoms with E-state index < -0.39 is 0 Å². The third-order valence-electron chi connectivity index (χ3n) is 2.37. The molecule has 0 saturated heterocycles. The number of rotatable bonds is 4. The summed E-state index contributed by atoms with van der Waals surface area (Å²) in [6.07, 6.45) is 0. The van der Waals surface area contributed by atoms with E-state index in [-0.39, 0.29) is 11.7 Å². The molecule has 0 bridgehead atoms. The van der Waals surface area contributed by atoms with E-state index in [0.717, 1.165) is 6.54 Å². The van der Waals surface area contributed by atoms with Crippen LogP contribution in [0.2, 0.25) is 0 Å². The minimum absolute atomic E-state index is 0.0995. The first-order valence-electron chi connectivity index (χ1n) is 4.97. The maximum atomic E-state index is 11.6. The summed E-state index contributed by atoms with van der Waals surface area (Å²) in [6.45, 7) is 4.97. The van der Waals surface area contributed by atoms with Gasteiger partial charge in [-0.3, -0.25) is 9.67 Å². The standard InChI is InChI=1S/C9H18N4OS/c1-6(2)7(5-12(3)4)13-8(14)10-11-9(13)15/h6-7H,5H2,1-4H3,(H,10,14)(H,11,15). The van der Waals surface area contributed by atoms with Crippen LogP contribution in [0, 0.1) is 10.7 Å². The molecule has 0 aliphatic rings. The third kappa shape index (κ3) is 2.79. The van der Waals surface area contributed by atoms with Crippen molar-refractivity contribution in [2.45, 2.75) is 19.9 Å². The molecule has 0 aliphatic carbocycles. The van der Waals surface area contributed by atoms with E-state index in [1.807, 2.05) is 14.1 Å². The summed E-state index contributed by atoms with van der Waals surface area (Å²) in [5.41, 5.74) is -0.166. The summed E-state index contributed by atoms with van der Waals surface area (Å²) in [6, 6.07) is 0.0995. The lowest BCUT2D eigenvalue weighted by Gasteiger charge is -2.24. The Morgan fingerprint density at radius 2 is 2.00 bits per heavy atom. The summed E-state index contributed by atoms with van der Waals surface area (Å²) >= 11 is 5.08. The van der Waals surface area contributed by atoms with Crippen LogP contribution in [0.3, 0.4) is 0 Å². The second kappa shape index (κ2) is 4.76. The van der Waals surface area contributed by atoms with Gasteiger partial charge >= 0.3 is 5.69 Å². The normalized spacial score (nSPS) is 13.7. The van der Waals surface area contributed by atoms with Crippen molar-refractivity contribution < 1.29 is 0 Å². The smallest absolute Gasteiger partial charge is 0.307 e.